The van der Waals surface area contributed by atoms with Gasteiger partial charge in [0.05, 0.1) is 5.75 Å². The highest BCUT2D eigenvalue weighted by atomic mass is 32.2. The molecule has 4 nitrogen and oxygen atoms in total. The van der Waals surface area contributed by atoms with E-state index in [-0.39, 0.29) is 0 Å². The number of sulfonamides is 1. The third kappa shape index (κ3) is 3.71. The lowest BCUT2D eigenvalue weighted by molar-refractivity contribution is 0.531. The van der Waals surface area contributed by atoms with Crippen LogP contribution in [0.2, 0.25) is 0 Å². The molecular weight excluding hydrogens is 224 g/mol. The topological polar surface area (TPSA) is 58.2 Å². The summed E-state index contributed by atoms with van der Waals surface area (Å²) in [4.78, 5) is 0. The van der Waals surface area contributed by atoms with Crippen LogP contribution in [-0.2, 0) is 10.0 Å². The first-order chi connectivity index (χ1) is 7.66. The Kier molecular flexibility index (Phi) is 4.21. The first-order valence-electron chi connectivity index (χ1n) is 6.36. The Bertz CT molecular complexity index is 304. The maximum Gasteiger partial charge on any atom is 0.211 e. The van der Waals surface area contributed by atoms with Gasteiger partial charge in [0.25, 0.3) is 0 Å². The highest BCUT2D eigenvalue weighted by Crippen LogP contribution is 2.25. The molecule has 0 aromatic rings. The van der Waals surface area contributed by atoms with Crippen LogP contribution in [0.25, 0.3) is 0 Å². The molecule has 0 aromatic heterocycles. The Hall–Kier alpha value is -0.130. The van der Waals surface area contributed by atoms with Gasteiger partial charge < -0.3 is 5.32 Å². The van der Waals surface area contributed by atoms with Crippen molar-refractivity contribution >= 4 is 10.0 Å². The summed E-state index contributed by atoms with van der Waals surface area (Å²) in [5, 5.41) is 3.30. The first-order valence-corrected chi connectivity index (χ1v) is 8.02. The van der Waals surface area contributed by atoms with Crippen LogP contribution in [0.4, 0.5) is 0 Å². The Morgan fingerprint density at radius 1 is 1.12 bits per heavy atom. The number of hydrogen-bond donors (Lipinski definition) is 2. The van der Waals surface area contributed by atoms with Gasteiger partial charge in [-0.3, -0.25) is 0 Å². The number of rotatable bonds is 5. The van der Waals surface area contributed by atoms with Crippen LogP contribution < -0.4 is 10.0 Å². The zero-order valence-corrected chi connectivity index (χ0v) is 10.6. The lowest BCUT2D eigenvalue weighted by Gasteiger charge is -2.14. The molecule has 1 atom stereocenters. The Morgan fingerprint density at radius 3 is 2.50 bits per heavy atom. The van der Waals surface area contributed by atoms with Crippen molar-refractivity contribution in [1.29, 1.82) is 0 Å². The molecule has 0 bridgehead atoms. The van der Waals surface area contributed by atoms with E-state index in [1.165, 1.54) is 12.8 Å². The summed E-state index contributed by atoms with van der Waals surface area (Å²) >= 11 is 0. The molecule has 2 N–H and O–H groups in total. The van der Waals surface area contributed by atoms with Gasteiger partial charge in [0, 0.05) is 12.6 Å². The third-order valence-corrected chi connectivity index (χ3v) is 5.16. The molecule has 1 saturated carbocycles. The monoisotopic (exact) mass is 246 g/mol. The molecule has 0 spiro atoms. The highest BCUT2D eigenvalue weighted by Gasteiger charge is 2.23. The molecule has 2 fully saturated rings. The van der Waals surface area contributed by atoms with E-state index in [0.29, 0.717) is 24.3 Å². The van der Waals surface area contributed by atoms with Gasteiger partial charge in [-0.2, -0.15) is 0 Å². The van der Waals surface area contributed by atoms with Crippen molar-refractivity contribution in [3.63, 3.8) is 0 Å². The quantitative estimate of drug-likeness (QED) is 0.756. The second kappa shape index (κ2) is 5.47. The third-order valence-electron chi connectivity index (χ3n) is 3.64. The fraction of sp³-hybridized carbons (Fsp3) is 1.00. The molecule has 2 aliphatic rings. The largest absolute Gasteiger partial charge is 0.313 e. The molecular formula is C11H22N2O2S. The van der Waals surface area contributed by atoms with Gasteiger partial charge in [0.1, 0.15) is 0 Å². The van der Waals surface area contributed by atoms with Crippen molar-refractivity contribution in [1.82, 2.24) is 10.0 Å². The SMILES string of the molecule is O=S(=O)(CC1CCCC1)NCC1CCCN1. The number of nitrogens with one attached hydrogen (secondary N) is 2. The van der Waals surface area contributed by atoms with Gasteiger partial charge in [-0.1, -0.05) is 12.8 Å². The van der Waals surface area contributed by atoms with Gasteiger partial charge in [0.2, 0.25) is 10.0 Å². The molecule has 1 aliphatic heterocycles. The second-order valence-electron chi connectivity index (χ2n) is 5.07. The standard InChI is InChI=1S/C11H22N2O2S/c14-16(15,9-10-4-1-2-5-10)13-8-11-6-3-7-12-11/h10-13H,1-9H2. The second-order valence-corrected chi connectivity index (χ2v) is 6.93. The molecule has 5 heteroatoms. The Morgan fingerprint density at radius 2 is 1.88 bits per heavy atom. The number of hydrogen-bond acceptors (Lipinski definition) is 3. The van der Waals surface area contributed by atoms with E-state index in [9.17, 15) is 8.42 Å². The minimum Gasteiger partial charge on any atom is -0.313 e. The molecule has 16 heavy (non-hydrogen) atoms. The maximum atomic E-state index is 11.8. The zero-order chi connectivity index (χ0) is 11.4. The van der Waals surface area contributed by atoms with Crippen LogP contribution in [0.15, 0.2) is 0 Å². The minimum absolute atomic E-state index is 0.333. The van der Waals surface area contributed by atoms with Gasteiger partial charge >= 0.3 is 0 Å². The van der Waals surface area contributed by atoms with Crippen molar-refractivity contribution in [2.24, 2.45) is 5.92 Å². The summed E-state index contributed by atoms with van der Waals surface area (Å²) in [7, 11) is -3.04. The van der Waals surface area contributed by atoms with Crippen molar-refractivity contribution in [3.8, 4) is 0 Å². The van der Waals surface area contributed by atoms with Crippen LogP contribution in [0.5, 0.6) is 0 Å². The summed E-state index contributed by atoms with van der Waals surface area (Å²) < 4.78 is 26.3. The van der Waals surface area contributed by atoms with Crippen LogP contribution >= 0.6 is 0 Å². The van der Waals surface area contributed by atoms with Crippen molar-refractivity contribution in [2.75, 3.05) is 18.8 Å². The average Bonchev–Trinajstić information content (AvgIpc) is 2.85. The Balaban J connectivity index is 1.73. The zero-order valence-electron chi connectivity index (χ0n) is 9.74. The minimum atomic E-state index is -3.04. The lowest BCUT2D eigenvalue weighted by atomic mass is 10.1. The van der Waals surface area contributed by atoms with Crippen molar-refractivity contribution in [3.05, 3.63) is 0 Å². The van der Waals surface area contributed by atoms with E-state index in [1.54, 1.807) is 0 Å². The molecule has 2 rings (SSSR count). The van der Waals surface area contributed by atoms with E-state index >= 15 is 0 Å². The summed E-state index contributed by atoms with van der Waals surface area (Å²) in [6.45, 7) is 1.59. The molecule has 0 amide bonds. The fourth-order valence-electron chi connectivity index (χ4n) is 2.70. The normalized spacial score (nSPS) is 27.6. The summed E-state index contributed by atoms with van der Waals surface area (Å²) in [5.41, 5.74) is 0. The highest BCUT2D eigenvalue weighted by molar-refractivity contribution is 7.89. The smallest absolute Gasteiger partial charge is 0.211 e. The van der Waals surface area contributed by atoms with E-state index in [4.69, 9.17) is 0 Å². The molecule has 1 heterocycles. The van der Waals surface area contributed by atoms with Crippen molar-refractivity contribution < 1.29 is 8.42 Å². The molecule has 1 unspecified atom stereocenters. The molecule has 0 radical (unpaired) electrons. The molecule has 1 saturated heterocycles. The van der Waals surface area contributed by atoms with Crippen LogP contribution in [0, 0.1) is 5.92 Å². The molecule has 1 aliphatic carbocycles. The fourth-order valence-corrected chi connectivity index (χ4v) is 4.23. The van der Waals surface area contributed by atoms with E-state index in [0.717, 1.165) is 32.2 Å². The average molecular weight is 246 g/mol. The first kappa shape index (κ1) is 12.3. The lowest BCUT2D eigenvalue weighted by Crippen LogP contribution is -2.39. The van der Waals surface area contributed by atoms with Gasteiger partial charge in [-0.05, 0) is 38.1 Å². The van der Waals surface area contributed by atoms with Gasteiger partial charge in [0.15, 0.2) is 0 Å². The van der Waals surface area contributed by atoms with Crippen molar-refractivity contribution in [2.45, 2.75) is 44.6 Å². The molecule has 94 valence electrons. The summed E-state index contributed by atoms with van der Waals surface area (Å²) in [5.74, 6) is 0.730. The van der Waals surface area contributed by atoms with Crippen LogP contribution in [0.1, 0.15) is 38.5 Å². The van der Waals surface area contributed by atoms with Crippen LogP contribution in [-0.4, -0.2) is 33.3 Å². The van der Waals surface area contributed by atoms with Crippen LogP contribution in [0.3, 0.4) is 0 Å². The summed E-state index contributed by atoms with van der Waals surface area (Å²) in [6, 6.07) is 0.346. The van der Waals surface area contributed by atoms with E-state index < -0.39 is 10.0 Å². The van der Waals surface area contributed by atoms with Gasteiger partial charge in [-0.25, -0.2) is 13.1 Å². The van der Waals surface area contributed by atoms with Gasteiger partial charge in [-0.15, -0.1) is 0 Å². The molecule has 0 aromatic carbocycles. The predicted octanol–water partition coefficient (Wildman–Crippen LogP) is 0.848. The van der Waals surface area contributed by atoms with E-state index in [2.05, 4.69) is 10.0 Å². The predicted molar refractivity (Wildman–Crippen MR) is 64.8 cm³/mol. The Labute approximate surface area is 98.2 Å². The summed E-state index contributed by atoms with van der Waals surface area (Å²) in [6.07, 6.45) is 6.82. The van der Waals surface area contributed by atoms with E-state index in [1.807, 2.05) is 0 Å². The maximum absolute atomic E-state index is 11.8.